The van der Waals surface area contributed by atoms with Crippen LogP contribution in [0.25, 0.3) is 0 Å². The van der Waals surface area contributed by atoms with Crippen LogP contribution in [0.2, 0.25) is 0 Å². The summed E-state index contributed by atoms with van der Waals surface area (Å²) in [7, 11) is 1.88. The van der Waals surface area contributed by atoms with Crippen LogP contribution in [0.1, 0.15) is 32.0 Å². The SMILES string of the molecule is CCC1(C(=O)NCc2nncn2C)CCNCC1. The van der Waals surface area contributed by atoms with E-state index in [0.29, 0.717) is 6.54 Å². The molecule has 0 aliphatic carbocycles. The minimum Gasteiger partial charge on any atom is -0.348 e. The van der Waals surface area contributed by atoms with E-state index < -0.39 is 0 Å². The third-order valence-electron chi connectivity index (χ3n) is 3.93. The second kappa shape index (κ2) is 5.48. The summed E-state index contributed by atoms with van der Waals surface area (Å²) in [5.41, 5.74) is -0.205. The Kier molecular flexibility index (Phi) is 3.96. The minimum absolute atomic E-state index is 0.148. The summed E-state index contributed by atoms with van der Waals surface area (Å²) < 4.78 is 1.82. The van der Waals surface area contributed by atoms with E-state index in [1.165, 1.54) is 0 Å². The Morgan fingerprint density at radius 3 is 2.83 bits per heavy atom. The zero-order valence-corrected chi connectivity index (χ0v) is 11.1. The van der Waals surface area contributed by atoms with Crippen LogP contribution in [0.3, 0.4) is 0 Å². The molecule has 1 fully saturated rings. The van der Waals surface area contributed by atoms with E-state index in [1.807, 2.05) is 11.6 Å². The van der Waals surface area contributed by atoms with E-state index in [0.717, 1.165) is 38.2 Å². The summed E-state index contributed by atoms with van der Waals surface area (Å²) >= 11 is 0. The van der Waals surface area contributed by atoms with Crippen LogP contribution in [0, 0.1) is 5.41 Å². The monoisotopic (exact) mass is 251 g/mol. The summed E-state index contributed by atoms with van der Waals surface area (Å²) in [6, 6.07) is 0. The summed E-state index contributed by atoms with van der Waals surface area (Å²) in [4.78, 5) is 12.4. The standard InChI is InChI=1S/C12H21N5O/c1-3-12(4-6-13-7-5-12)11(18)14-8-10-16-15-9-17(10)2/h9,13H,3-8H2,1-2H3,(H,14,18). The lowest BCUT2D eigenvalue weighted by molar-refractivity contribution is -0.133. The van der Waals surface area contributed by atoms with E-state index in [1.54, 1.807) is 6.33 Å². The second-order valence-electron chi connectivity index (χ2n) is 4.92. The van der Waals surface area contributed by atoms with Gasteiger partial charge in [-0.15, -0.1) is 10.2 Å². The van der Waals surface area contributed by atoms with Gasteiger partial charge in [-0.05, 0) is 32.4 Å². The number of rotatable bonds is 4. The average Bonchev–Trinajstić information content (AvgIpc) is 2.82. The first-order chi connectivity index (χ1) is 8.68. The maximum absolute atomic E-state index is 12.4. The molecule has 0 spiro atoms. The van der Waals surface area contributed by atoms with Crippen LogP contribution in [0.5, 0.6) is 0 Å². The normalized spacial score (nSPS) is 18.6. The van der Waals surface area contributed by atoms with E-state index in [2.05, 4.69) is 27.8 Å². The predicted molar refractivity (Wildman–Crippen MR) is 67.7 cm³/mol. The quantitative estimate of drug-likeness (QED) is 0.802. The van der Waals surface area contributed by atoms with E-state index in [9.17, 15) is 4.79 Å². The minimum atomic E-state index is -0.205. The lowest BCUT2D eigenvalue weighted by atomic mass is 9.76. The molecule has 0 aromatic carbocycles. The molecule has 1 aliphatic heterocycles. The molecule has 2 rings (SSSR count). The Morgan fingerprint density at radius 2 is 2.28 bits per heavy atom. The van der Waals surface area contributed by atoms with Gasteiger partial charge in [-0.25, -0.2) is 0 Å². The number of carbonyl (C=O) groups is 1. The molecule has 1 aromatic rings. The Hall–Kier alpha value is -1.43. The average molecular weight is 251 g/mol. The topological polar surface area (TPSA) is 71.8 Å². The fraction of sp³-hybridized carbons (Fsp3) is 0.750. The number of carbonyl (C=O) groups excluding carboxylic acids is 1. The van der Waals surface area contributed by atoms with E-state index in [4.69, 9.17) is 0 Å². The van der Waals surface area contributed by atoms with Gasteiger partial charge in [0.1, 0.15) is 6.33 Å². The maximum atomic E-state index is 12.4. The third-order valence-corrected chi connectivity index (χ3v) is 3.93. The predicted octanol–water partition coefficient (Wildman–Crippen LogP) is 0.211. The molecule has 0 unspecified atom stereocenters. The van der Waals surface area contributed by atoms with Crippen molar-refractivity contribution in [3.8, 4) is 0 Å². The second-order valence-corrected chi connectivity index (χ2v) is 4.92. The van der Waals surface area contributed by atoms with Gasteiger partial charge in [0.05, 0.1) is 12.0 Å². The third kappa shape index (κ3) is 2.53. The Labute approximate surface area is 107 Å². The number of aromatic nitrogens is 3. The molecule has 0 atom stereocenters. The number of nitrogens with zero attached hydrogens (tertiary/aromatic N) is 3. The molecular formula is C12H21N5O. The van der Waals surface area contributed by atoms with Crippen molar-refractivity contribution in [2.75, 3.05) is 13.1 Å². The van der Waals surface area contributed by atoms with Crippen LogP contribution in [0.15, 0.2) is 6.33 Å². The van der Waals surface area contributed by atoms with Crippen LogP contribution in [-0.4, -0.2) is 33.8 Å². The molecule has 0 bridgehead atoms. The molecule has 6 heteroatoms. The summed E-state index contributed by atoms with van der Waals surface area (Å²) in [5, 5.41) is 14.1. The van der Waals surface area contributed by atoms with Gasteiger partial charge in [0.15, 0.2) is 5.82 Å². The molecule has 0 radical (unpaired) electrons. The van der Waals surface area contributed by atoms with Gasteiger partial charge in [-0.1, -0.05) is 6.92 Å². The molecular weight excluding hydrogens is 230 g/mol. The Balaban J connectivity index is 1.96. The fourth-order valence-corrected chi connectivity index (χ4v) is 2.46. The summed E-state index contributed by atoms with van der Waals surface area (Å²) in [5.74, 6) is 0.929. The highest BCUT2D eigenvalue weighted by atomic mass is 16.2. The molecule has 1 amide bonds. The first-order valence-electron chi connectivity index (χ1n) is 6.50. The molecule has 1 aromatic heterocycles. The number of piperidine rings is 1. The smallest absolute Gasteiger partial charge is 0.226 e. The Morgan fingerprint density at radius 1 is 1.56 bits per heavy atom. The molecule has 2 N–H and O–H groups in total. The van der Waals surface area contributed by atoms with Gasteiger partial charge in [-0.2, -0.15) is 0 Å². The molecule has 18 heavy (non-hydrogen) atoms. The number of nitrogens with one attached hydrogen (secondary N) is 2. The molecule has 0 saturated carbocycles. The fourth-order valence-electron chi connectivity index (χ4n) is 2.46. The van der Waals surface area contributed by atoms with Crippen molar-refractivity contribution >= 4 is 5.91 Å². The maximum Gasteiger partial charge on any atom is 0.226 e. The van der Waals surface area contributed by atoms with Crippen molar-refractivity contribution in [3.63, 3.8) is 0 Å². The van der Waals surface area contributed by atoms with Gasteiger partial charge in [0.25, 0.3) is 0 Å². The highest BCUT2D eigenvalue weighted by Gasteiger charge is 2.37. The zero-order chi connectivity index (χ0) is 13.0. The largest absolute Gasteiger partial charge is 0.348 e. The molecule has 1 aliphatic rings. The van der Waals surface area contributed by atoms with Crippen molar-refractivity contribution in [2.24, 2.45) is 12.5 Å². The van der Waals surface area contributed by atoms with Crippen LogP contribution in [-0.2, 0) is 18.4 Å². The van der Waals surface area contributed by atoms with Crippen LogP contribution >= 0.6 is 0 Å². The zero-order valence-electron chi connectivity index (χ0n) is 11.1. The van der Waals surface area contributed by atoms with Crippen molar-refractivity contribution in [2.45, 2.75) is 32.7 Å². The molecule has 1 saturated heterocycles. The summed E-state index contributed by atoms with van der Waals surface area (Å²) in [6.45, 7) is 4.38. The number of amides is 1. The van der Waals surface area contributed by atoms with Crippen LogP contribution < -0.4 is 10.6 Å². The first kappa shape index (κ1) is 13.0. The van der Waals surface area contributed by atoms with Gasteiger partial charge < -0.3 is 15.2 Å². The van der Waals surface area contributed by atoms with E-state index >= 15 is 0 Å². The van der Waals surface area contributed by atoms with Crippen molar-refractivity contribution in [1.29, 1.82) is 0 Å². The van der Waals surface area contributed by atoms with Crippen molar-refractivity contribution < 1.29 is 4.79 Å². The molecule has 100 valence electrons. The molecule has 2 heterocycles. The van der Waals surface area contributed by atoms with Gasteiger partial charge >= 0.3 is 0 Å². The highest BCUT2D eigenvalue weighted by Crippen LogP contribution is 2.32. The first-order valence-corrected chi connectivity index (χ1v) is 6.50. The van der Waals surface area contributed by atoms with Crippen LogP contribution in [0.4, 0.5) is 0 Å². The highest BCUT2D eigenvalue weighted by molar-refractivity contribution is 5.82. The number of aryl methyl sites for hydroxylation is 1. The molecule has 6 nitrogen and oxygen atoms in total. The lowest BCUT2D eigenvalue weighted by Crippen LogP contribution is -2.47. The van der Waals surface area contributed by atoms with E-state index in [-0.39, 0.29) is 11.3 Å². The van der Waals surface area contributed by atoms with Gasteiger partial charge in [-0.3, -0.25) is 4.79 Å². The number of hydrogen-bond acceptors (Lipinski definition) is 4. The summed E-state index contributed by atoms with van der Waals surface area (Å²) in [6.07, 6.45) is 4.35. The number of hydrogen-bond donors (Lipinski definition) is 2. The van der Waals surface area contributed by atoms with Gasteiger partial charge in [0, 0.05) is 7.05 Å². The van der Waals surface area contributed by atoms with Crippen molar-refractivity contribution in [1.82, 2.24) is 25.4 Å². The lowest BCUT2D eigenvalue weighted by Gasteiger charge is -2.35. The Bertz CT molecular complexity index is 408. The van der Waals surface area contributed by atoms with Gasteiger partial charge in [0.2, 0.25) is 5.91 Å². The van der Waals surface area contributed by atoms with Crippen molar-refractivity contribution in [3.05, 3.63) is 12.2 Å².